The maximum absolute atomic E-state index is 14.3. The van der Waals surface area contributed by atoms with Crippen molar-refractivity contribution in [2.45, 2.75) is 32.9 Å². The summed E-state index contributed by atoms with van der Waals surface area (Å²) in [5, 5.41) is 2.39. The molecule has 164 valence electrons. The molecule has 1 fully saturated rings. The van der Waals surface area contributed by atoms with E-state index in [1.54, 1.807) is 6.20 Å². The second-order valence-corrected chi connectivity index (χ2v) is 7.94. The normalized spacial score (nSPS) is 17.3. The first-order valence-electron chi connectivity index (χ1n) is 10.5. The predicted octanol–water partition coefficient (Wildman–Crippen LogP) is 1.79. The summed E-state index contributed by atoms with van der Waals surface area (Å²) >= 11 is 0. The van der Waals surface area contributed by atoms with Gasteiger partial charge < -0.3 is 19.6 Å². The highest BCUT2D eigenvalue weighted by molar-refractivity contribution is 5.92. The van der Waals surface area contributed by atoms with Crippen molar-refractivity contribution in [1.29, 1.82) is 0 Å². The molecule has 0 aromatic carbocycles. The monoisotopic (exact) mass is 426 g/mol. The van der Waals surface area contributed by atoms with E-state index in [1.807, 2.05) is 29.8 Å². The topological polar surface area (TPSA) is 85.7 Å². The van der Waals surface area contributed by atoms with E-state index < -0.39 is 11.7 Å². The molecule has 9 heteroatoms. The van der Waals surface area contributed by atoms with Gasteiger partial charge in [0, 0.05) is 68.9 Å². The quantitative estimate of drug-likeness (QED) is 0.650. The molecule has 31 heavy (non-hydrogen) atoms. The van der Waals surface area contributed by atoms with E-state index in [0.717, 1.165) is 36.4 Å². The van der Waals surface area contributed by atoms with E-state index in [-0.39, 0.29) is 17.3 Å². The smallest absolute Gasteiger partial charge is 0.272 e. The Morgan fingerprint density at radius 2 is 2.16 bits per heavy atom. The zero-order chi connectivity index (χ0) is 22.1. The molecule has 8 nitrogen and oxygen atoms in total. The number of aryl methyl sites for hydroxylation is 1. The molecule has 1 unspecified atom stereocenters. The molecule has 0 aliphatic carbocycles. The molecule has 2 N–H and O–H groups in total. The van der Waals surface area contributed by atoms with Gasteiger partial charge in [-0.2, -0.15) is 0 Å². The number of carbonyl (C=O) groups excluding carboxylic acids is 1. The van der Waals surface area contributed by atoms with Gasteiger partial charge in [0.15, 0.2) is 11.5 Å². The number of hydrogen-bond acceptors (Lipinski definition) is 5. The van der Waals surface area contributed by atoms with E-state index in [0.29, 0.717) is 18.7 Å². The second kappa shape index (κ2) is 8.50. The summed E-state index contributed by atoms with van der Waals surface area (Å²) in [5.74, 6) is -1.16. The van der Waals surface area contributed by atoms with Crippen LogP contribution in [-0.4, -0.2) is 57.9 Å². The molecule has 1 atom stereocenters. The predicted molar refractivity (Wildman–Crippen MR) is 117 cm³/mol. The largest absolute Gasteiger partial charge is 0.365 e. The van der Waals surface area contributed by atoms with Gasteiger partial charge in [-0.15, -0.1) is 0 Å². The van der Waals surface area contributed by atoms with E-state index >= 15 is 0 Å². The minimum Gasteiger partial charge on any atom is -0.365 e. The Balaban J connectivity index is 1.47. The number of nitrogens with one attached hydrogen (secondary N) is 2. The lowest BCUT2D eigenvalue weighted by atomic mass is 10.1. The molecule has 4 rings (SSSR count). The third kappa shape index (κ3) is 4.05. The van der Waals surface area contributed by atoms with Gasteiger partial charge in [-0.1, -0.05) is 6.92 Å². The highest BCUT2D eigenvalue weighted by Crippen LogP contribution is 2.23. The summed E-state index contributed by atoms with van der Waals surface area (Å²) in [5.41, 5.74) is 3.10. The lowest BCUT2D eigenvalue weighted by Crippen LogP contribution is -2.51. The number of aromatic amines is 1. The molecule has 3 aromatic rings. The first-order chi connectivity index (χ1) is 14.9. The first kappa shape index (κ1) is 21.0. The Hall–Kier alpha value is -3.20. The van der Waals surface area contributed by atoms with Crippen LogP contribution in [0, 0.1) is 5.82 Å². The summed E-state index contributed by atoms with van der Waals surface area (Å²) in [6.45, 7) is 7.06. The number of pyridine rings is 1. The van der Waals surface area contributed by atoms with Crippen LogP contribution >= 0.6 is 0 Å². The van der Waals surface area contributed by atoms with Crippen molar-refractivity contribution < 1.29 is 9.18 Å². The number of nitrogens with zero attached hydrogens (tertiary/aromatic N) is 4. The molecule has 0 saturated carbocycles. The average molecular weight is 426 g/mol. The lowest BCUT2D eigenvalue weighted by Gasteiger charge is -2.41. The Kier molecular flexibility index (Phi) is 5.77. The van der Waals surface area contributed by atoms with Crippen molar-refractivity contribution in [3.05, 3.63) is 63.7 Å². The maximum atomic E-state index is 14.3. The van der Waals surface area contributed by atoms with Crippen molar-refractivity contribution in [1.82, 2.24) is 24.6 Å². The van der Waals surface area contributed by atoms with Gasteiger partial charge >= 0.3 is 0 Å². The maximum Gasteiger partial charge on any atom is 0.272 e. The number of aromatic nitrogens is 3. The third-order valence-corrected chi connectivity index (χ3v) is 5.90. The second-order valence-electron chi connectivity index (χ2n) is 7.94. The van der Waals surface area contributed by atoms with E-state index in [9.17, 15) is 14.0 Å². The molecule has 1 aliphatic heterocycles. The molecular formula is C22H27FN6O2. The van der Waals surface area contributed by atoms with Crippen LogP contribution in [0.25, 0.3) is 5.65 Å². The number of rotatable bonds is 5. The third-order valence-electron chi connectivity index (χ3n) is 5.90. The zero-order valence-corrected chi connectivity index (χ0v) is 18.0. The Bertz CT molecular complexity index is 1170. The van der Waals surface area contributed by atoms with Gasteiger partial charge in [0.2, 0.25) is 0 Å². The van der Waals surface area contributed by atoms with Crippen LogP contribution in [0.4, 0.5) is 10.1 Å². The first-order valence-corrected chi connectivity index (χ1v) is 10.5. The molecule has 0 radical (unpaired) electrons. The van der Waals surface area contributed by atoms with Crippen LogP contribution in [0.5, 0.6) is 0 Å². The van der Waals surface area contributed by atoms with Gasteiger partial charge in [-0.05, 0) is 19.4 Å². The van der Waals surface area contributed by atoms with Crippen LogP contribution in [0.1, 0.15) is 35.5 Å². The fourth-order valence-corrected chi connectivity index (χ4v) is 4.21. The number of piperazine rings is 1. The zero-order valence-electron chi connectivity index (χ0n) is 18.0. The molecule has 4 heterocycles. The number of fused-ring (bicyclic) bond motifs is 1. The van der Waals surface area contributed by atoms with E-state index in [1.165, 1.54) is 13.1 Å². The van der Waals surface area contributed by atoms with Crippen LogP contribution in [0.3, 0.4) is 0 Å². The lowest BCUT2D eigenvalue weighted by molar-refractivity contribution is 0.0953. The van der Waals surface area contributed by atoms with E-state index in [4.69, 9.17) is 0 Å². The van der Waals surface area contributed by atoms with Crippen molar-refractivity contribution in [3.63, 3.8) is 0 Å². The number of carbonyl (C=O) groups is 1. The number of H-pyrrole nitrogens is 1. The van der Waals surface area contributed by atoms with Gasteiger partial charge in [0.1, 0.15) is 5.65 Å². The summed E-state index contributed by atoms with van der Waals surface area (Å²) in [6.07, 6.45) is 6.11. The number of hydrogen-bond donors (Lipinski definition) is 2. The molecule has 0 bridgehead atoms. The standard InChI is InChI=1S/C22H27FN6O2/c1-4-15-13-28-6-5-16(20(28)26-21(15)30)12-27-7-8-29(14(2)11-27)17-9-18(23)19(25-10-17)22(31)24-3/h5-6,9-10,13-14H,4,7-8,11-12H2,1-3H3,(H,24,31)(H,26,30). The van der Waals surface area contributed by atoms with Crippen molar-refractivity contribution in [2.24, 2.45) is 0 Å². The SMILES string of the molecule is CCc1cn2ccc(CN3CCN(c4cnc(C(=O)NC)c(F)c4)C(C)C3)c2[nH]c1=O. The highest BCUT2D eigenvalue weighted by Gasteiger charge is 2.26. The van der Waals surface area contributed by atoms with Crippen LogP contribution < -0.4 is 15.8 Å². The highest BCUT2D eigenvalue weighted by atomic mass is 19.1. The van der Waals surface area contributed by atoms with Gasteiger partial charge in [0.25, 0.3) is 11.5 Å². The van der Waals surface area contributed by atoms with Gasteiger partial charge in [-0.3, -0.25) is 14.5 Å². The summed E-state index contributed by atoms with van der Waals surface area (Å²) < 4.78 is 16.3. The molecule has 1 aliphatic rings. The minimum absolute atomic E-state index is 0.0390. The fraction of sp³-hybridized carbons (Fsp3) is 0.409. The molecular weight excluding hydrogens is 399 g/mol. The average Bonchev–Trinajstić information content (AvgIpc) is 3.14. The van der Waals surface area contributed by atoms with Crippen LogP contribution in [0.2, 0.25) is 0 Å². The molecule has 1 amide bonds. The Morgan fingerprint density at radius 3 is 2.84 bits per heavy atom. The van der Waals surface area contributed by atoms with Crippen molar-refractivity contribution in [2.75, 3.05) is 31.6 Å². The van der Waals surface area contributed by atoms with Crippen molar-refractivity contribution in [3.8, 4) is 0 Å². The van der Waals surface area contributed by atoms with Crippen LogP contribution in [0.15, 0.2) is 35.5 Å². The Morgan fingerprint density at radius 1 is 1.35 bits per heavy atom. The number of amides is 1. The summed E-state index contributed by atoms with van der Waals surface area (Å²) in [7, 11) is 1.45. The molecule has 3 aromatic heterocycles. The summed E-state index contributed by atoms with van der Waals surface area (Å²) in [6, 6.07) is 3.56. The van der Waals surface area contributed by atoms with E-state index in [2.05, 4.69) is 32.0 Å². The van der Waals surface area contributed by atoms with Gasteiger partial charge in [0.05, 0.1) is 11.9 Å². The Labute approximate surface area is 179 Å². The van der Waals surface area contributed by atoms with Crippen LogP contribution in [-0.2, 0) is 13.0 Å². The summed E-state index contributed by atoms with van der Waals surface area (Å²) in [4.78, 5) is 35.3. The van der Waals surface area contributed by atoms with Gasteiger partial charge in [-0.25, -0.2) is 9.37 Å². The molecule has 1 saturated heterocycles. The number of anilines is 1. The van der Waals surface area contributed by atoms with Crippen molar-refractivity contribution >= 4 is 17.2 Å². The fourth-order valence-electron chi connectivity index (χ4n) is 4.21. The molecule has 0 spiro atoms. The minimum atomic E-state index is -0.623. The number of halogens is 1.